The van der Waals surface area contributed by atoms with E-state index in [-0.39, 0.29) is 24.3 Å². The molecule has 0 aliphatic carbocycles. The number of para-hydroxylation sites is 2. The van der Waals surface area contributed by atoms with Gasteiger partial charge >= 0.3 is 12.1 Å². The molecule has 3 heterocycles. The topological polar surface area (TPSA) is 113 Å². The van der Waals surface area contributed by atoms with Crippen molar-refractivity contribution in [2.75, 3.05) is 32.0 Å². The van der Waals surface area contributed by atoms with Gasteiger partial charge in [-0.15, -0.1) is 0 Å². The molecule has 9 nitrogen and oxygen atoms in total. The summed E-state index contributed by atoms with van der Waals surface area (Å²) in [6.07, 6.45) is 1.03. The molecule has 1 aliphatic rings. The molecule has 0 radical (unpaired) electrons. The molecule has 1 amide bonds. The Kier molecular flexibility index (Phi) is 5.43. The van der Waals surface area contributed by atoms with E-state index in [9.17, 15) is 9.59 Å². The van der Waals surface area contributed by atoms with E-state index in [0.717, 1.165) is 5.52 Å². The van der Waals surface area contributed by atoms with Crippen LogP contribution < -0.4 is 5.73 Å². The third kappa shape index (κ3) is 3.40. The second kappa shape index (κ2) is 8.17. The number of piperidine rings is 1. The quantitative estimate of drug-likeness (QED) is 0.656. The summed E-state index contributed by atoms with van der Waals surface area (Å²) in [5.74, 6) is -0.208. The van der Waals surface area contributed by atoms with Gasteiger partial charge in [0, 0.05) is 19.1 Å². The number of hydrogen-bond donors (Lipinski definition) is 1. The minimum atomic E-state index is -0.507. The third-order valence-electron chi connectivity index (χ3n) is 5.37. The van der Waals surface area contributed by atoms with Gasteiger partial charge in [-0.2, -0.15) is 0 Å². The molecule has 1 aromatic carbocycles. The van der Waals surface area contributed by atoms with Crippen molar-refractivity contribution in [1.29, 1.82) is 0 Å². The zero-order valence-electron chi connectivity index (χ0n) is 17.1. The van der Waals surface area contributed by atoms with Crippen LogP contribution in [0.1, 0.15) is 43.1 Å². The van der Waals surface area contributed by atoms with Gasteiger partial charge in [-0.1, -0.05) is 12.1 Å². The summed E-state index contributed by atoms with van der Waals surface area (Å²) >= 11 is 0. The molecule has 30 heavy (non-hydrogen) atoms. The van der Waals surface area contributed by atoms with E-state index >= 15 is 0 Å². The number of hydrogen-bond acceptors (Lipinski definition) is 7. The van der Waals surface area contributed by atoms with Crippen molar-refractivity contribution < 1.29 is 19.1 Å². The summed E-state index contributed by atoms with van der Waals surface area (Å²) in [6.45, 7) is 5.21. The number of ether oxygens (including phenoxy) is 2. The standard InChI is InChI=1S/C21H25N5O4/c1-3-29-20(27)16-17-19(24-15-8-6-5-7-14(15)23-17)26(18(16)22)13-9-11-25(12-10-13)21(28)30-4-2/h5-8,13H,3-4,9-12,22H2,1-2H3. The van der Waals surface area contributed by atoms with Crippen molar-refractivity contribution in [2.24, 2.45) is 0 Å². The first-order valence-corrected chi connectivity index (χ1v) is 10.2. The van der Waals surface area contributed by atoms with Crippen molar-refractivity contribution in [3.63, 3.8) is 0 Å². The number of amides is 1. The molecule has 158 valence electrons. The molecule has 0 spiro atoms. The van der Waals surface area contributed by atoms with E-state index in [1.807, 2.05) is 28.8 Å². The van der Waals surface area contributed by atoms with Crippen LogP contribution in [0.25, 0.3) is 22.2 Å². The molecule has 2 N–H and O–H groups in total. The number of fused-ring (bicyclic) bond motifs is 2. The summed E-state index contributed by atoms with van der Waals surface area (Å²) in [6, 6.07) is 7.48. The number of benzene rings is 1. The molecular weight excluding hydrogens is 386 g/mol. The van der Waals surface area contributed by atoms with Gasteiger partial charge < -0.3 is 24.7 Å². The van der Waals surface area contributed by atoms with Gasteiger partial charge in [0.1, 0.15) is 16.9 Å². The molecule has 9 heteroatoms. The number of carbonyl (C=O) groups excluding carboxylic acids is 2. The summed E-state index contributed by atoms with van der Waals surface area (Å²) in [7, 11) is 0. The first-order valence-electron chi connectivity index (χ1n) is 10.2. The van der Waals surface area contributed by atoms with Gasteiger partial charge in [-0.05, 0) is 38.8 Å². The highest BCUT2D eigenvalue weighted by Crippen LogP contribution is 2.35. The Morgan fingerprint density at radius 2 is 1.70 bits per heavy atom. The molecule has 0 saturated carbocycles. The average Bonchev–Trinajstić information content (AvgIpc) is 3.03. The lowest BCUT2D eigenvalue weighted by Gasteiger charge is -2.32. The first-order chi connectivity index (χ1) is 14.5. The van der Waals surface area contributed by atoms with Crippen LogP contribution >= 0.6 is 0 Å². The van der Waals surface area contributed by atoms with E-state index in [1.165, 1.54) is 0 Å². The SMILES string of the molecule is CCOC(=O)c1c(N)n(C2CCN(C(=O)OCC)CC2)c2nc3ccccc3nc12. The number of nitrogens with two attached hydrogens (primary N) is 1. The van der Waals surface area contributed by atoms with Crippen molar-refractivity contribution in [2.45, 2.75) is 32.7 Å². The van der Waals surface area contributed by atoms with Crippen molar-refractivity contribution in [3.05, 3.63) is 29.8 Å². The number of nitrogen functional groups attached to an aromatic ring is 1. The molecule has 1 aliphatic heterocycles. The maximum atomic E-state index is 12.7. The summed E-state index contributed by atoms with van der Waals surface area (Å²) in [4.78, 5) is 35.8. The predicted molar refractivity (Wildman–Crippen MR) is 112 cm³/mol. The summed E-state index contributed by atoms with van der Waals surface area (Å²) < 4.78 is 12.2. The molecule has 0 bridgehead atoms. The number of carbonyl (C=O) groups is 2. The molecular formula is C21H25N5O4. The number of nitrogens with zero attached hydrogens (tertiary/aromatic N) is 4. The molecule has 4 rings (SSSR count). The second-order valence-corrected chi connectivity index (χ2v) is 7.15. The van der Waals surface area contributed by atoms with Crippen LogP contribution in [0.3, 0.4) is 0 Å². The van der Waals surface area contributed by atoms with Crippen LogP contribution in [0.5, 0.6) is 0 Å². The Morgan fingerprint density at radius 3 is 2.33 bits per heavy atom. The van der Waals surface area contributed by atoms with Crippen LogP contribution in [0.4, 0.5) is 10.6 Å². The molecule has 0 unspecified atom stereocenters. The fourth-order valence-electron chi connectivity index (χ4n) is 3.98. The van der Waals surface area contributed by atoms with Crippen LogP contribution in [0, 0.1) is 0 Å². The molecule has 3 aromatic rings. The Labute approximate surface area is 173 Å². The Morgan fingerprint density at radius 1 is 1.07 bits per heavy atom. The highest BCUT2D eigenvalue weighted by molar-refractivity contribution is 6.08. The van der Waals surface area contributed by atoms with E-state index in [2.05, 4.69) is 4.98 Å². The fraction of sp³-hybridized carbons (Fsp3) is 0.429. The van der Waals surface area contributed by atoms with Crippen LogP contribution in [-0.2, 0) is 9.47 Å². The zero-order valence-corrected chi connectivity index (χ0v) is 17.1. The minimum absolute atomic E-state index is 0.0168. The first kappa shape index (κ1) is 19.9. The van der Waals surface area contributed by atoms with E-state index in [4.69, 9.17) is 20.2 Å². The van der Waals surface area contributed by atoms with Gasteiger partial charge in [0.25, 0.3) is 0 Å². The van der Waals surface area contributed by atoms with Crippen LogP contribution in [0.2, 0.25) is 0 Å². The second-order valence-electron chi connectivity index (χ2n) is 7.15. The largest absolute Gasteiger partial charge is 0.462 e. The van der Waals surface area contributed by atoms with E-state index in [0.29, 0.717) is 55.0 Å². The predicted octanol–water partition coefficient (Wildman–Crippen LogP) is 3.14. The van der Waals surface area contributed by atoms with Gasteiger partial charge in [0.2, 0.25) is 0 Å². The highest BCUT2D eigenvalue weighted by Gasteiger charge is 2.31. The smallest absolute Gasteiger partial charge is 0.409 e. The number of anilines is 1. The van der Waals surface area contributed by atoms with Gasteiger partial charge in [-0.3, -0.25) is 0 Å². The number of likely N-dealkylation sites (tertiary alicyclic amines) is 1. The van der Waals surface area contributed by atoms with Crippen molar-refractivity contribution in [1.82, 2.24) is 19.4 Å². The summed E-state index contributed by atoms with van der Waals surface area (Å²) in [5, 5.41) is 0. The molecule has 0 atom stereocenters. The zero-order chi connectivity index (χ0) is 21.3. The Balaban J connectivity index is 1.77. The lowest BCUT2D eigenvalue weighted by molar-refractivity contribution is 0.0529. The number of rotatable bonds is 4. The minimum Gasteiger partial charge on any atom is -0.462 e. The highest BCUT2D eigenvalue weighted by atomic mass is 16.6. The molecule has 1 saturated heterocycles. The van der Waals surface area contributed by atoms with Crippen LogP contribution in [0.15, 0.2) is 24.3 Å². The number of aromatic nitrogens is 3. The maximum absolute atomic E-state index is 12.7. The Hall–Kier alpha value is -3.36. The maximum Gasteiger partial charge on any atom is 0.409 e. The molecule has 1 fully saturated rings. The third-order valence-corrected chi connectivity index (χ3v) is 5.37. The van der Waals surface area contributed by atoms with Crippen molar-refractivity contribution >= 4 is 40.1 Å². The average molecular weight is 411 g/mol. The lowest BCUT2D eigenvalue weighted by atomic mass is 10.1. The van der Waals surface area contributed by atoms with Gasteiger partial charge in [0.05, 0.1) is 24.2 Å². The monoisotopic (exact) mass is 411 g/mol. The summed E-state index contributed by atoms with van der Waals surface area (Å²) in [5.41, 5.74) is 9.12. The van der Waals surface area contributed by atoms with E-state index < -0.39 is 5.97 Å². The van der Waals surface area contributed by atoms with Gasteiger partial charge in [0.15, 0.2) is 5.65 Å². The van der Waals surface area contributed by atoms with Gasteiger partial charge in [-0.25, -0.2) is 19.6 Å². The van der Waals surface area contributed by atoms with Crippen LogP contribution in [-0.4, -0.2) is 57.8 Å². The number of esters is 1. The lowest BCUT2D eigenvalue weighted by Crippen LogP contribution is -2.39. The van der Waals surface area contributed by atoms with Crippen molar-refractivity contribution in [3.8, 4) is 0 Å². The normalized spacial score (nSPS) is 14.9. The Bertz CT molecular complexity index is 1100. The molecule has 2 aromatic heterocycles. The van der Waals surface area contributed by atoms with E-state index in [1.54, 1.807) is 18.7 Å². The fourth-order valence-corrected chi connectivity index (χ4v) is 3.98.